The number of guanidine groups is 1. The van der Waals surface area contributed by atoms with E-state index >= 15 is 0 Å². The van der Waals surface area contributed by atoms with Gasteiger partial charge in [-0.2, -0.15) is 0 Å². The van der Waals surface area contributed by atoms with Crippen molar-refractivity contribution in [3.63, 3.8) is 0 Å². The Kier molecular flexibility index (Phi) is 12.8. The quantitative estimate of drug-likeness (QED) is 0.196. The molecule has 1 amide bonds. The zero-order valence-electron chi connectivity index (χ0n) is 16.2. The maximum atomic E-state index is 13.1. The number of anilines is 1. The molecule has 28 heavy (non-hydrogen) atoms. The van der Waals surface area contributed by atoms with Crippen LogP contribution in [0.2, 0.25) is 0 Å². The van der Waals surface area contributed by atoms with Crippen LogP contribution in [0.3, 0.4) is 0 Å². The Labute approximate surface area is 182 Å². The average molecular weight is 508 g/mol. The Hall–Kier alpha value is -1.46. The molecule has 158 valence electrons. The molecular formula is C19H30FIN4O3. The van der Waals surface area contributed by atoms with Gasteiger partial charge < -0.3 is 25.4 Å². The second-order valence-corrected chi connectivity index (χ2v) is 6.34. The lowest BCUT2D eigenvalue weighted by molar-refractivity contribution is -0.114. The van der Waals surface area contributed by atoms with E-state index in [2.05, 4.69) is 20.9 Å². The van der Waals surface area contributed by atoms with Gasteiger partial charge in [0.2, 0.25) is 5.91 Å². The predicted octanol–water partition coefficient (Wildman–Crippen LogP) is 2.38. The van der Waals surface area contributed by atoms with Crippen LogP contribution in [-0.2, 0) is 14.3 Å². The van der Waals surface area contributed by atoms with Gasteiger partial charge in [-0.25, -0.2) is 9.38 Å². The number of hydrogen-bond donors (Lipinski definition) is 3. The van der Waals surface area contributed by atoms with Crippen molar-refractivity contribution < 1.29 is 18.7 Å². The first kappa shape index (κ1) is 24.6. The normalized spacial score (nSPS) is 16.4. The summed E-state index contributed by atoms with van der Waals surface area (Å²) < 4.78 is 24.1. The average Bonchev–Trinajstić information content (AvgIpc) is 3.16. The van der Waals surface area contributed by atoms with Gasteiger partial charge in [-0.1, -0.05) is 6.07 Å². The van der Waals surface area contributed by atoms with E-state index in [1.165, 1.54) is 12.1 Å². The molecule has 1 unspecified atom stereocenters. The van der Waals surface area contributed by atoms with E-state index in [0.717, 1.165) is 32.7 Å². The maximum absolute atomic E-state index is 13.1. The number of nitrogens with one attached hydrogen (secondary N) is 3. The largest absolute Gasteiger partial charge is 0.381 e. The number of amides is 1. The summed E-state index contributed by atoms with van der Waals surface area (Å²) >= 11 is 0. The first-order valence-electron chi connectivity index (χ1n) is 9.40. The Morgan fingerprint density at radius 3 is 2.96 bits per heavy atom. The Balaban J connectivity index is 0.00000392. The molecule has 0 radical (unpaired) electrons. The van der Waals surface area contributed by atoms with E-state index in [9.17, 15) is 9.18 Å². The molecule has 0 aromatic heterocycles. The molecule has 0 saturated carbocycles. The standard InChI is InChI=1S/C19H29FN4O3.HI/c1-2-21-19(22-8-4-9-26-13-15-7-10-27-14-15)23-12-18(25)24-17-6-3-5-16(20)11-17;/h3,5-6,11,15H,2,4,7-10,12-14H2,1H3,(H,24,25)(H2,21,22,23);1H. The van der Waals surface area contributed by atoms with Crippen molar-refractivity contribution >= 4 is 41.5 Å². The molecular weight excluding hydrogens is 478 g/mol. The van der Waals surface area contributed by atoms with Gasteiger partial charge in [0.1, 0.15) is 12.4 Å². The van der Waals surface area contributed by atoms with Crippen LogP contribution in [-0.4, -0.2) is 57.9 Å². The van der Waals surface area contributed by atoms with E-state index in [0.29, 0.717) is 37.3 Å². The molecule has 9 heteroatoms. The molecule has 3 N–H and O–H groups in total. The predicted molar refractivity (Wildman–Crippen MR) is 119 cm³/mol. The summed E-state index contributed by atoms with van der Waals surface area (Å²) in [6.07, 6.45) is 1.92. The van der Waals surface area contributed by atoms with Crippen LogP contribution < -0.4 is 16.0 Å². The second kappa shape index (κ2) is 14.5. The summed E-state index contributed by atoms with van der Waals surface area (Å²) in [5.41, 5.74) is 0.415. The topological polar surface area (TPSA) is 84.0 Å². The summed E-state index contributed by atoms with van der Waals surface area (Å²) in [5.74, 6) is 0.387. The molecule has 7 nitrogen and oxygen atoms in total. The molecule has 2 rings (SSSR count). The molecule has 1 aliphatic rings. The summed E-state index contributed by atoms with van der Waals surface area (Å²) in [5, 5.41) is 8.88. The van der Waals surface area contributed by atoms with Crippen LogP contribution in [0.15, 0.2) is 29.3 Å². The summed E-state index contributed by atoms with van der Waals surface area (Å²) in [6, 6.07) is 5.77. The van der Waals surface area contributed by atoms with E-state index in [4.69, 9.17) is 9.47 Å². The lowest BCUT2D eigenvalue weighted by atomic mass is 10.1. The molecule has 1 fully saturated rings. The van der Waals surface area contributed by atoms with Gasteiger partial charge in [0.05, 0.1) is 13.2 Å². The van der Waals surface area contributed by atoms with Crippen molar-refractivity contribution in [2.24, 2.45) is 10.9 Å². The fourth-order valence-electron chi connectivity index (χ4n) is 2.61. The Morgan fingerprint density at radius 1 is 1.39 bits per heavy atom. The van der Waals surface area contributed by atoms with Gasteiger partial charge in [-0.3, -0.25) is 4.79 Å². The van der Waals surface area contributed by atoms with E-state index in [-0.39, 0.29) is 36.4 Å². The van der Waals surface area contributed by atoms with Gasteiger partial charge in [0.25, 0.3) is 0 Å². The Bertz CT molecular complexity index is 613. The minimum absolute atomic E-state index is 0. The molecule has 1 atom stereocenters. The SMILES string of the molecule is CCNC(=NCC(=O)Nc1cccc(F)c1)NCCCOCC1CCOC1.I. The van der Waals surface area contributed by atoms with Crippen LogP contribution >= 0.6 is 24.0 Å². The van der Waals surface area contributed by atoms with E-state index in [1.54, 1.807) is 12.1 Å². The van der Waals surface area contributed by atoms with Crippen molar-refractivity contribution in [3.05, 3.63) is 30.1 Å². The number of ether oxygens (including phenoxy) is 2. The van der Waals surface area contributed by atoms with Gasteiger partial charge >= 0.3 is 0 Å². The first-order chi connectivity index (χ1) is 13.2. The Morgan fingerprint density at radius 2 is 2.25 bits per heavy atom. The molecule has 0 bridgehead atoms. The molecule has 1 aliphatic heterocycles. The number of aliphatic imine (C=N–C) groups is 1. The third-order valence-electron chi connectivity index (χ3n) is 3.97. The van der Waals surface area contributed by atoms with Crippen molar-refractivity contribution in [2.75, 3.05) is 51.4 Å². The second-order valence-electron chi connectivity index (χ2n) is 6.34. The number of rotatable bonds is 10. The minimum Gasteiger partial charge on any atom is -0.381 e. The summed E-state index contributed by atoms with van der Waals surface area (Å²) in [4.78, 5) is 16.2. The van der Waals surface area contributed by atoms with Crippen LogP contribution in [0.5, 0.6) is 0 Å². The number of hydrogen-bond acceptors (Lipinski definition) is 4. The highest BCUT2D eigenvalue weighted by molar-refractivity contribution is 14.0. The van der Waals surface area contributed by atoms with E-state index < -0.39 is 5.82 Å². The molecule has 1 aromatic rings. The third-order valence-corrected chi connectivity index (χ3v) is 3.97. The van der Waals surface area contributed by atoms with Gasteiger partial charge in [-0.15, -0.1) is 24.0 Å². The highest BCUT2D eigenvalue weighted by Crippen LogP contribution is 2.12. The van der Waals surface area contributed by atoms with Crippen LogP contribution in [0, 0.1) is 11.7 Å². The third kappa shape index (κ3) is 10.2. The van der Waals surface area contributed by atoms with Crippen molar-refractivity contribution in [1.29, 1.82) is 0 Å². The molecule has 0 aliphatic carbocycles. The first-order valence-corrected chi connectivity index (χ1v) is 9.40. The van der Waals surface area contributed by atoms with Crippen LogP contribution in [0.1, 0.15) is 19.8 Å². The molecule has 1 aromatic carbocycles. The summed E-state index contributed by atoms with van der Waals surface area (Å²) in [7, 11) is 0. The lowest BCUT2D eigenvalue weighted by Gasteiger charge is -2.12. The highest BCUT2D eigenvalue weighted by Gasteiger charge is 2.15. The van der Waals surface area contributed by atoms with Gasteiger partial charge in [-0.05, 0) is 38.0 Å². The van der Waals surface area contributed by atoms with Crippen molar-refractivity contribution in [2.45, 2.75) is 19.8 Å². The van der Waals surface area contributed by atoms with Crippen LogP contribution in [0.25, 0.3) is 0 Å². The molecule has 1 saturated heterocycles. The zero-order valence-corrected chi connectivity index (χ0v) is 18.5. The lowest BCUT2D eigenvalue weighted by Crippen LogP contribution is -2.38. The number of carbonyl (C=O) groups is 1. The van der Waals surface area contributed by atoms with Gasteiger partial charge in [0.15, 0.2) is 5.96 Å². The number of benzene rings is 1. The maximum Gasteiger partial charge on any atom is 0.246 e. The highest BCUT2D eigenvalue weighted by atomic mass is 127. The molecule has 0 spiro atoms. The zero-order chi connectivity index (χ0) is 19.3. The minimum atomic E-state index is -0.394. The fourth-order valence-corrected chi connectivity index (χ4v) is 2.61. The molecule has 1 heterocycles. The van der Waals surface area contributed by atoms with Crippen molar-refractivity contribution in [3.8, 4) is 0 Å². The van der Waals surface area contributed by atoms with Gasteiger partial charge in [0, 0.05) is 37.9 Å². The number of carbonyl (C=O) groups excluding carboxylic acids is 1. The fraction of sp³-hybridized carbons (Fsp3) is 0.579. The van der Waals surface area contributed by atoms with Crippen molar-refractivity contribution in [1.82, 2.24) is 10.6 Å². The monoisotopic (exact) mass is 508 g/mol. The smallest absolute Gasteiger partial charge is 0.246 e. The van der Waals surface area contributed by atoms with Crippen LogP contribution in [0.4, 0.5) is 10.1 Å². The number of nitrogens with zero attached hydrogens (tertiary/aromatic N) is 1. The number of halogens is 2. The van der Waals surface area contributed by atoms with E-state index in [1.807, 2.05) is 6.92 Å². The summed E-state index contributed by atoms with van der Waals surface area (Å²) in [6.45, 7) is 6.34.